The van der Waals surface area contributed by atoms with Crippen LogP contribution in [0.1, 0.15) is 38.5 Å². The molecule has 2 unspecified atom stereocenters. The zero-order valence-corrected chi connectivity index (χ0v) is 14.7. The maximum Gasteiger partial charge on any atom is 2.00 e. The minimum absolute atomic E-state index is 0. The Bertz CT molecular complexity index is 244. The van der Waals surface area contributed by atoms with Gasteiger partial charge in [0.1, 0.15) is 0 Å². The third kappa shape index (κ3) is 20.0. The van der Waals surface area contributed by atoms with E-state index in [2.05, 4.69) is 0 Å². The molecule has 0 aliphatic carbocycles. The van der Waals surface area contributed by atoms with E-state index in [9.17, 15) is 19.8 Å². The van der Waals surface area contributed by atoms with Crippen molar-refractivity contribution in [3.05, 3.63) is 0 Å². The van der Waals surface area contributed by atoms with Gasteiger partial charge in [0.15, 0.2) is 0 Å². The Kier molecular flexibility index (Phi) is 22.4. The van der Waals surface area contributed by atoms with Crippen LogP contribution in [0.25, 0.3) is 0 Å². The molecular weight excluding hydrogens is 304 g/mol. The fourth-order valence-electron chi connectivity index (χ4n) is 1.25. The summed E-state index contributed by atoms with van der Waals surface area (Å²) >= 11 is 0. The van der Waals surface area contributed by atoms with Gasteiger partial charge in [0.05, 0.1) is 11.9 Å². The zero-order valence-electron chi connectivity index (χ0n) is 12.5. The molecule has 8 N–H and O–H groups in total. The number of carboxylic acid groups (broad SMARTS) is 2. The van der Waals surface area contributed by atoms with Crippen molar-refractivity contribution < 1.29 is 19.8 Å². The molecule has 0 radical (unpaired) electrons. The van der Waals surface area contributed by atoms with Gasteiger partial charge in [0.25, 0.3) is 0 Å². The SMILES string of the molecule is NCCCCC(N)C(=O)[O-].NCCCCC(N)C(=O)[O-].[Ca+2]. The first kappa shape index (κ1) is 26.0. The first-order chi connectivity index (χ1) is 9.36. The molecule has 0 fully saturated rings. The van der Waals surface area contributed by atoms with Gasteiger partial charge >= 0.3 is 37.7 Å². The van der Waals surface area contributed by atoms with Crippen LogP contribution in [0, 0.1) is 0 Å². The van der Waals surface area contributed by atoms with Crippen LogP contribution < -0.4 is 33.1 Å². The first-order valence-electron chi connectivity index (χ1n) is 6.69. The van der Waals surface area contributed by atoms with Gasteiger partial charge in [0, 0.05) is 12.1 Å². The van der Waals surface area contributed by atoms with Crippen LogP contribution in [0.4, 0.5) is 0 Å². The summed E-state index contributed by atoms with van der Waals surface area (Å²) in [6.45, 7) is 1.17. The minimum Gasteiger partial charge on any atom is -0.548 e. The van der Waals surface area contributed by atoms with E-state index < -0.39 is 24.0 Å². The number of hydrogen-bond acceptors (Lipinski definition) is 8. The molecule has 0 aromatic rings. The molecule has 0 amide bonds. The van der Waals surface area contributed by atoms with E-state index in [4.69, 9.17) is 22.9 Å². The molecule has 21 heavy (non-hydrogen) atoms. The van der Waals surface area contributed by atoms with Gasteiger partial charge in [-0.1, -0.05) is 12.8 Å². The van der Waals surface area contributed by atoms with Gasteiger partial charge in [-0.05, 0) is 38.8 Å². The standard InChI is InChI=1S/2C6H14N2O2.Ca/c2*7-4-2-1-3-5(8)6(9)10;/h2*5H,1-4,7-8H2,(H,9,10);/q;;+2/p-2. The van der Waals surface area contributed by atoms with E-state index in [1.807, 2.05) is 0 Å². The van der Waals surface area contributed by atoms with Crippen molar-refractivity contribution in [1.29, 1.82) is 0 Å². The topological polar surface area (TPSA) is 184 Å². The Hall–Kier alpha value is 0.0397. The molecule has 0 bridgehead atoms. The van der Waals surface area contributed by atoms with Crippen molar-refractivity contribution in [2.75, 3.05) is 13.1 Å². The van der Waals surface area contributed by atoms with Crippen molar-refractivity contribution in [3.63, 3.8) is 0 Å². The summed E-state index contributed by atoms with van der Waals surface area (Å²) in [4.78, 5) is 20.1. The normalized spacial score (nSPS) is 12.4. The predicted octanol–water partition coefficient (Wildman–Crippen LogP) is -4.00. The maximum absolute atomic E-state index is 10.0. The average molecular weight is 330 g/mol. The van der Waals surface area contributed by atoms with E-state index in [0.29, 0.717) is 25.9 Å². The number of carbonyl (C=O) groups excluding carboxylic acids is 2. The zero-order chi connectivity index (χ0) is 16.0. The van der Waals surface area contributed by atoms with Gasteiger partial charge in [-0.3, -0.25) is 0 Å². The molecule has 0 aliphatic heterocycles. The molecule has 2 atom stereocenters. The fraction of sp³-hybridized carbons (Fsp3) is 0.833. The van der Waals surface area contributed by atoms with Gasteiger partial charge in [-0.25, -0.2) is 0 Å². The van der Waals surface area contributed by atoms with Crippen LogP contribution in [-0.4, -0.2) is 74.9 Å². The third-order valence-corrected chi connectivity index (χ3v) is 2.54. The number of rotatable bonds is 10. The maximum atomic E-state index is 10.0. The third-order valence-electron chi connectivity index (χ3n) is 2.54. The molecule has 0 heterocycles. The second-order valence-electron chi connectivity index (χ2n) is 4.42. The van der Waals surface area contributed by atoms with Crippen LogP contribution in [-0.2, 0) is 9.59 Å². The number of hydrogen-bond donors (Lipinski definition) is 4. The van der Waals surface area contributed by atoms with E-state index in [1.165, 1.54) is 0 Å². The van der Waals surface area contributed by atoms with Crippen LogP contribution in [0.2, 0.25) is 0 Å². The summed E-state index contributed by atoms with van der Waals surface area (Å²) < 4.78 is 0. The monoisotopic (exact) mass is 330 g/mol. The number of unbranched alkanes of at least 4 members (excludes halogenated alkanes) is 2. The molecular formula is C12H26CaN4O4. The quantitative estimate of drug-likeness (QED) is 0.230. The molecule has 0 aliphatic rings. The molecule has 0 aromatic heterocycles. The summed E-state index contributed by atoms with van der Waals surface area (Å²) in [6.07, 6.45) is 4.07. The molecule has 0 rings (SSSR count). The Balaban J connectivity index is -0.000000295. The van der Waals surface area contributed by atoms with Crippen molar-refractivity contribution in [1.82, 2.24) is 0 Å². The molecule has 0 aromatic carbocycles. The van der Waals surface area contributed by atoms with Crippen molar-refractivity contribution in [3.8, 4) is 0 Å². The van der Waals surface area contributed by atoms with E-state index in [1.54, 1.807) is 0 Å². The second kappa shape index (κ2) is 18.1. The van der Waals surface area contributed by atoms with Crippen molar-refractivity contribution in [2.45, 2.75) is 50.6 Å². The van der Waals surface area contributed by atoms with Crippen LogP contribution in [0.5, 0.6) is 0 Å². The largest absolute Gasteiger partial charge is 2.00 e. The van der Waals surface area contributed by atoms with Gasteiger partial charge < -0.3 is 42.7 Å². The Morgan fingerprint density at radius 2 is 1.05 bits per heavy atom. The number of carbonyl (C=O) groups is 2. The second-order valence-corrected chi connectivity index (χ2v) is 4.42. The number of aliphatic carboxylic acids is 2. The summed E-state index contributed by atoms with van der Waals surface area (Å²) in [5, 5.41) is 20.1. The number of carboxylic acids is 2. The minimum atomic E-state index is -1.18. The predicted molar refractivity (Wildman–Crippen MR) is 77.5 cm³/mol. The molecule has 8 nitrogen and oxygen atoms in total. The fourth-order valence-corrected chi connectivity index (χ4v) is 1.25. The molecule has 9 heteroatoms. The number of nitrogens with two attached hydrogens (primary N) is 4. The average Bonchev–Trinajstić information content (AvgIpc) is 2.39. The molecule has 0 spiro atoms. The summed E-state index contributed by atoms with van der Waals surface area (Å²) in [7, 11) is 0. The summed E-state index contributed by atoms with van der Waals surface area (Å²) in [6, 6.07) is -1.65. The van der Waals surface area contributed by atoms with E-state index in [0.717, 1.165) is 25.7 Å². The summed E-state index contributed by atoms with van der Waals surface area (Å²) in [5.41, 5.74) is 20.7. The molecule has 0 saturated heterocycles. The van der Waals surface area contributed by atoms with Crippen LogP contribution in [0.3, 0.4) is 0 Å². The Morgan fingerprint density at radius 3 is 1.24 bits per heavy atom. The smallest absolute Gasteiger partial charge is 0.548 e. The van der Waals surface area contributed by atoms with Gasteiger partial charge in [0.2, 0.25) is 0 Å². The van der Waals surface area contributed by atoms with Gasteiger partial charge in [-0.2, -0.15) is 0 Å². The Morgan fingerprint density at radius 1 is 0.762 bits per heavy atom. The van der Waals surface area contributed by atoms with E-state index in [-0.39, 0.29) is 37.7 Å². The summed E-state index contributed by atoms with van der Waals surface area (Å²) in [5.74, 6) is -2.37. The van der Waals surface area contributed by atoms with Crippen LogP contribution in [0.15, 0.2) is 0 Å². The van der Waals surface area contributed by atoms with Gasteiger partial charge in [-0.15, -0.1) is 0 Å². The van der Waals surface area contributed by atoms with E-state index >= 15 is 0 Å². The molecule has 120 valence electrons. The van der Waals surface area contributed by atoms with Crippen molar-refractivity contribution in [2.24, 2.45) is 22.9 Å². The van der Waals surface area contributed by atoms with Crippen LogP contribution >= 0.6 is 0 Å². The molecule has 0 saturated carbocycles. The van der Waals surface area contributed by atoms with Crippen molar-refractivity contribution >= 4 is 49.7 Å². The Labute approximate surface area is 155 Å². The first-order valence-corrected chi connectivity index (χ1v) is 6.69.